The summed E-state index contributed by atoms with van der Waals surface area (Å²) >= 11 is 0. The number of phenols is 1. The van der Waals surface area contributed by atoms with Gasteiger partial charge in [0.05, 0.1) is 5.52 Å². The Hall–Kier alpha value is -2.04. The zero-order valence-electron chi connectivity index (χ0n) is 7.21. The predicted octanol–water partition coefficient (Wildman–Crippen LogP) is 0.827. The second-order valence-corrected chi connectivity index (χ2v) is 2.96. The molecule has 0 radical (unpaired) electrons. The maximum atomic E-state index is 10.4. The lowest BCUT2D eigenvalue weighted by Crippen LogP contribution is -2.08. The fraction of sp³-hybridized carbons (Fsp3) is 0.111. The van der Waals surface area contributed by atoms with Gasteiger partial charge in [-0.15, -0.1) is 0 Å². The largest absolute Gasteiger partial charge is 0.508 e. The quantitative estimate of drug-likeness (QED) is 0.738. The van der Waals surface area contributed by atoms with Crippen molar-refractivity contribution in [1.82, 2.24) is 9.78 Å². The molecule has 0 aliphatic heterocycles. The molecule has 0 aliphatic carbocycles. The maximum Gasteiger partial charge on any atom is 0.325 e. The van der Waals surface area contributed by atoms with Crippen LogP contribution in [-0.2, 0) is 11.3 Å². The van der Waals surface area contributed by atoms with Crippen LogP contribution in [-0.4, -0.2) is 26.0 Å². The van der Waals surface area contributed by atoms with Crippen LogP contribution in [0.5, 0.6) is 5.75 Å². The molecule has 2 aromatic rings. The first-order chi connectivity index (χ1) is 6.65. The molecule has 5 nitrogen and oxygen atoms in total. The van der Waals surface area contributed by atoms with Crippen molar-refractivity contribution in [2.24, 2.45) is 0 Å². The summed E-state index contributed by atoms with van der Waals surface area (Å²) in [6.07, 6.45) is 1.63. The molecule has 72 valence electrons. The molecule has 2 N–H and O–H groups in total. The third-order valence-electron chi connectivity index (χ3n) is 1.84. The van der Waals surface area contributed by atoms with Gasteiger partial charge in [-0.3, -0.25) is 9.48 Å². The number of hydrogen-bond donors (Lipinski definition) is 2. The van der Waals surface area contributed by atoms with Gasteiger partial charge in [-0.25, -0.2) is 0 Å². The summed E-state index contributed by atoms with van der Waals surface area (Å²) in [5.41, 5.74) is 0.589. The summed E-state index contributed by atoms with van der Waals surface area (Å²) in [5.74, 6) is -0.819. The third kappa shape index (κ3) is 1.52. The molecule has 1 aromatic carbocycles. The molecule has 0 amide bonds. The third-order valence-corrected chi connectivity index (χ3v) is 1.84. The number of fused-ring (bicyclic) bond motifs is 1. The molecule has 0 saturated carbocycles. The topological polar surface area (TPSA) is 75.3 Å². The number of carboxylic acids is 1. The van der Waals surface area contributed by atoms with Crippen LogP contribution < -0.4 is 0 Å². The summed E-state index contributed by atoms with van der Waals surface area (Å²) in [7, 11) is 0. The number of carboxylic acid groups (broad SMARTS) is 1. The van der Waals surface area contributed by atoms with Gasteiger partial charge in [0, 0.05) is 17.6 Å². The van der Waals surface area contributed by atoms with Crippen molar-refractivity contribution in [3.63, 3.8) is 0 Å². The zero-order chi connectivity index (χ0) is 10.1. The average molecular weight is 192 g/mol. The summed E-state index contributed by atoms with van der Waals surface area (Å²) in [6, 6.07) is 4.72. The van der Waals surface area contributed by atoms with E-state index in [9.17, 15) is 4.79 Å². The van der Waals surface area contributed by atoms with Crippen molar-refractivity contribution in [2.45, 2.75) is 6.54 Å². The highest BCUT2D eigenvalue weighted by molar-refractivity contribution is 5.79. The molecule has 14 heavy (non-hydrogen) atoms. The van der Waals surface area contributed by atoms with Crippen molar-refractivity contribution < 1.29 is 15.0 Å². The number of benzene rings is 1. The Bertz CT molecular complexity index is 490. The molecular formula is C9H8N2O3. The number of aliphatic carboxylic acids is 1. The minimum atomic E-state index is -0.943. The van der Waals surface area contributed by atoms with Gasteiger partial charge >= 0.3 is 5.97 Å². The zero-order valence-corrected chi connectivity index (χ0v) is 7.21. The lowest BCUT2D eigenvalue weighted by Gasteiger charge is -1.92. The van der Waals surface area contributed by atoms with Crippen molar-refractivity contribution >= 4 is 16.9 Å². The number of nitrogens with zero attached hydrogens (tertiary/aromatic N) is 2. The van der Waals surface area contributed by atoms with Gasteiger partial charge < -0.3 is 10.2 Å². The van der Waals surface area contributed by atoms with E-state index in [1.54, 1.807) is 12.3 Å². The Morgan fingerprint density at radius 3 is 3.00 bits per heavy atom. The van der Waals surface area contributed by atoms with Crippen LogP contribution in [0.1, 0.15) is 0 Å². The number of hydrogen-bond acceptors (Lipinski definition) is 3. The number of phenolic OH excluding ortho intramolecular Hbond substituents is 1. The highest BCUT2D eigenvalue weighted by Gasteiger charge is 2.04. The first-order valence-electron chi connectivity index (χ1n) is 4.03. The standard InChI is InChI=1S/C9H8N2O3/c12-7-2-1-6-4-11(5-9(13)14)10-8(6)3-7/h1-4,12H,5H2,(H,13,14). The van der Waals surface area contributed by atoms with Crippen LogP contribution in [0.15, 0.2) is 24.4 Å². The average Bonchev–Trinajstić information content (AvgIpc) is 2.44. The smallest absolute Gasteiger partial charge is 0.325 e. The van der Waals surface area contributed by atoms with Crippen molar-refractivity contribution in [3.8, 4) is 5.75 Å². The van der Waals surface area contributed by atoms with E-state index in [4.69, 9.17) is 10.2 Å². The van der Waals surface area contributed by atoms with Gasteiger partial charge in [0.25, 0.3) is 0 Å². The Kier molecular flexibility index (Phi) is 1.85. The molecule has 0 fully saturated rings. The van der Waals surface area contributed by atoms with Crippen LogP contribution in [0, 0.1) is 0 Å². The first kappa shape index (κ1) is 8.55. The van der Waals surface area contributed by atoms with E-state index in [1.807, 2.05) is 0 Å². The minimum Gasteiger partial charge on any atom is -0.508 e. The van der Waals surface area contributed by atoms with E-state index in [1.165, 1.54) is 16.8 Å². The number of rotatable bonds is 2. The Morgan fingerprint density at radius 2 is 2.29 bits per heavy atom. The summed E-state index contributed by atoms with van der Waals surface area (Å²) in [4.78, 5) is 10.4. The lowest BCUT2D eigenvalue weighted by atomic mass is 10.2. The molecule has 0 unspecified atom stereocenters. The Labute approximate surface area is 79.2 Å². The molecule has 0 bridgehead atoms. The number of aromatic nitrogens is 2. The van der Waals surface area contributed by atoms with Crippen LogP contribution in [0.2, 0.25) is 0 Å². The van der Waals surface area contributed by atoms with Gasteiger partial charge in [0.2, 0.25) is 0 Å². The van der Waals surface area contributed by atoms with E-state index in [2.05, 4.69) is 5.10 Å². The van der Waals surface area contributed by atoms with Crippen LogP contribution >= 0.6 is 0 Å². The van der Waals surface area contributed by atoms with E-state index in [0.717, 1.165) is 5.39 Å². The molecule has 0 spiro atoms. The number of carbonyl (C=O) groups is 1. The fourth-order valence-corrected chi connectivity index (χ4v) is 1.28. The molecule has 0 aliphatic rings. The van der Waals surface area contributed by atoms with E-state index in [0.29, 0.717) is 5.52 Å². The number of aromatic hydroxyl groups is 1. The second-order valence-electron chi connectivity index (χ2n) is 2.96. The van der Waals surface area contributed by atoms with Crippen molar-refractivity contribution in [1.29, 1.82) is 0 Å². The van der Waals surface area contributed by atoms with Crippen LogP contribution in [0.4, 0.5) is 0 Å². The molecule has 2 rings (SSSR count). The predicted molar refractivity (Wildman–Crippen MR) is 49.0 cm³/mol. The maximum absolute atomic E-state index is 10.4. The Morgan fingerprint density at radius 1 is 1.50 bits per heavy atom. The van der Waals surface area contributed by atoms with Gasteiger partial charge in [-0.2, -0.15) is 5.10 Å². The van der Waals surface area contributed by atoms with Gasteiger partial charge in [-0.05, 0) is 12.1 Å². The Balaban J connectivity index is 2.46. The van der Waals surface area contributed by atoms with E-state index >= 15 is 0 Å². The second kappa shape index (κ2) is 3.02. The highest BCUT2D eigenvalue weighted by Crippen LogP contribution is 2.17. The summed E-state index contributed by atoms with van der Waals surface area (Å²) < 4.78 is 1.33. The summed E-state index contributed by atoms with van der Waals surface area (Å²) in [5, 5.41) is 22.5. The molecule has 1 aromatic heterocycles. The van der Waals surface area contributed by atoms with Crippen molar-refractivity contribution in [3.05, 3.63) is 24.4 Å². The summed E-state index contributed by atoms with van der Waals surface area (Å²) in [6.45, 7) is -0.171. The molecule has 0 atom stereocenters. The van der Waals surface area contributed by atoms with Gasteiger partial charge in [-0.1, -0.05) is 0 Å². The van der Waals surface area contributed by atoms with E-state index < -0.39 is 5.97 Å². The normalized spacial score (nSPS) is 10.6. The molecule has 5 heteroatoms. The molecular weight excluding hydrogens is 184 g/mol. The fourth-order valence-electron chi connectivity index (χ4n) is 1.28. The molecule has 0 saturated heterocycles. The van der Waals surface area contributed by atoms with Crippen LogP contribution in [0.3, 0.4) is 0 Å². The SMILES string of the molecule is O=C(O)Cn1cc2ccc(O)cc2n1. The monoisotopic (exact) mass is 192 g/mol. The van der Waals surface area contributed by atoms with Gasteiger partial charge in [0.1, 0.15) is 12.3 Å². The first-order valence-corrected chi connectivity index (χ1v) is 4.03. The van der Waals surface area contributed by atoms with E-state index in [-0.39, 0.29) is 12.3 Å². The minimum absolute atomic E-state index is 0.123. The molecule has 1 heterocycles. The van der Waals surface area contributed by atoms with Gasteiger partial charge in [0.15, 0.2) is 0 Å². The highest BCUT2D eigenvalue weighted by atomic mass is 16.4. The lowest BCUT2D eigenvalue weighted by molar-refractivity contribution is -0.137. The van der Waals surface area contributed by atoms with Crippen molar-refractivity contribution in [2.75, 3.05) is 0 Å². The van der Waals surface area contributed by atoms with Crippen LogP contribution in [0.25, 0.3) is 10.9 Å².